The zero-order valence-corrected chi connectivity index (χ0v) is 16.6. The van der Waals surface area contributed by atoms with Crippen LogP contribution in [-0.2, 0) is 4.79 Å². The van der Waals surface area contributed by atoms with Gasteiger partial charge in [-0.05, 0) is 48.2 Å². The molecule has 2 aromatic rings. The fraction of sp³-hybridized carbons (Fsp3) is 0.286. The van der Waals surface area contributed by atoms with Gasteiger partial charge in [0, 0.05) is 11.6 Å². The second-order valence-electron chi connectivity index (χ2n) is 7.04. The maximum atomic E-state index is 13.2. The largest absolute Gasteiger partial charge is 0.478 e. The van der Waals surface area contributed by atoms with Gasteiger partial charge < -0.3 is 14.6 Å². The molecule has 0 amide bonds. The van der Waals surface area contributed by atoms with Gasteiger partial charge in [0.05, 0.1) is 10.6 Å². The highest BCUT2D eigenvalue weighted by atomic mass is 35.5. The number of hydrogen-bond acceptors (Lipinski definition) is 3. The first kappa shape index (κ1) is 21.0. The Bertz CT molecular complexity index is 996. The van der Waals surface area contributed by atoms with Crippen LogP contribution in [0.2, 0.25) is 5.02 Å². The van der Waals surface area contributed by atoms with E-state index in [1.54, 1.807) is 6.07 Å². The Morgan fingerprint density at radius 3 is 2.48 bits per heavy atom. The van der Waals surface area contributed by atoms with Crippen LogP contribution < -0.4 is 9.47 Å². The molecule has 1 heterocycles. The summed E-state index contributed by atoms with van der Waals surface area (Å²) in [6, 6.07) is 8.03. The van der Waals surface area contributed by atoms with E-state index in [1.165, 1.54) is 12.1 Å². The van der Waals surface area contributed by atoms with Gasteiger partial charge in [0.25, 0.3) is 0 Å². The predicted octanol–water partition coefficient (Wildman–Crippen LogP) is 6.36. The summed E-state index contributed by atoms with van der Waals surface area (Å²) in [5.74, 6) is -0.962. The standard InChI is InChI=1S/C21H18ClF3O4/c1-10(2)14-5-4-13(6-11(14)3)28-18-9-17-12(8-16(18)22)7-15(20(26)27)19(29-17)21(23,24)25/h4-10,19H,1-3H3,(H,26,27). The summed E-state index contributed by atoms with van der Waals surface area (Å²) in [6.07, 6.45) is -6.54. The van der Waals surface area contributed by atoms with E-state index in [4.69, 9.17) is 26.2 Å². The molecule has 1 N–H and O–H groups in total. The second-order valence-corrected chi connectivity index (χ2v) is 7.45. The molecule has 4 nitrogen and oxygen atoms in total. The number of fused-ring (bicyclic) bond motifs is 1. The number of carboxylic acid groups (broad SMARTS) is 1. The highest BCUT2D eigenvalue weighted by molar-refractivity contribution is 6.32. The number of ether oxygens (including phenoxy) is 2. The Balaban J connectivity index is 1.97. The maximum absolute atomic E-state index is 13.2. The Hall–Kier alpha value is -2.67. The van der Waals surface area contributed by atoms with Crippen molar-refractivity contribution in [1.29, 1.82) is 0 Å². The Morgan fingerprint density at radius 1 is 1.24 bits per heavy atom. The van der Waals surface area contributed by atoms with Crippen LogP contribution in [0.4, 0.5) is 13.2 Å². The summed E-state index contributed by atoms with van der Waals surface area (Å²) in [4.78, 5) is 11.2. The molecule has 3 rings (SSSR count). The number of aryl methyl sites for hydroxylation is 1. The van der Waals surface area contributed by atoms with E-state index in [2.05, 4.69) is 13.8 Å². The SMILES string of the molecule is Cc1cc(Oc2cc3c(cc2Cl)C=C(C(=O)O)C(C(F)(F)F)O3)ccc1C(C)C. The van der Waals surface area contributed by atoms with Crippen molar-refractivity contribution >= 4 is 23.6 Å². The van der Waals surface area contributed by atoms with Gasteiger partial charge in [-0.1, -0.05) is 31.5 Å². The first-order chi connectivity index (χ1) is 13.5. The predicted molar refractivity (Wildman–Crippen MR) is 103 cm³/mol. The molecule has 0 saturated heterocycles. The minimum Gasteiger partial charge on any atom is -0.478 e. The molecule has 0 radical (unpaired) electrons. The van der Waals surface area contributed by atoms with Crippen LogP contribution in [0.5, 0.6) is 17.2 Å². The van der Waals surface area contributed by atoms with Crippen molar-refractivity contribution in [3.63, 3.8) is 0 Å². The molecule has 0 aromatic heterocycles. The zero-order chi connectivity index (χ0) is 21.5. The van der Waals surface area contributed by atoms with Crippen molar-refractivity contribution in [1.82, 2.24) is 0 Å². The van der Waals surface area contributed by atoms with Crippen molar-refractivity contribution in [3.8, 4) is 17.2 Å². The topological polar surface area (TPSA) is 55.8 Å². The Labute approximate surface area is 170 Å². The van der Waals surface area contributed by atoms with E-state index in [1.807, 2.05) is 19.1 Å². The van der Waals surface area contributed by atoms with Crippen LogP contribution in [0.25, 0.3) is 6.08 Å². The van der Waals surface area contributed by atoms with Crippen LogP contribution in [0.15, 0.2) is 35.9 Å². The molecule has 0 fully saturated rings. The number of aliphatic carboxylic acids is 1. The van der Waals surface area contributed by atoms with E-state index < -0.39 is 23.8 Å². The van der Waals surface area contributed by atoms with E-state index in [9.17, 15) is 18.0 Å². The van der Waals surface area contributed by atoms with Crippen LogP contribution in [-0.4, -0.2) is 23.4 Å². The molecule has 0 aliphatic carbocycles. The van der Waals surface area contributed by atoms with Gasteiger partial charge in [-0.2, -0.15) is 13.2 Å². The molecule has 1 atom stereocenters. The molecule has 1 unspecified atom stereocenters. The maximum Gasteiger partial charge on any atom is 0.430 e. The van der Waals surface area contributed by atoms with Gasteiger partial charge in [-0.15, -0.1) is 0 Å². The van der Waals surface area contributed by atoms with Gasteiger partial charge >= 0.3 is 12.1 Å². The van der Waals surface area contributed by atoms with Crippen LogP contribution >= 0.6 is 11.6 Å². The third kappa shape index (κ3) is 4.34. The first-order valence-electron chi connectivity index (χ1n) is 8.77. The molecule has 154 valence electrons. The zero-order valence-electron chi connectivity index (χ0n) is 15.8. The van der Waals surface area contributed by atoms with Crippen LogP contribution in [0, 0.1) is 6.92 Å². The van der Waals surface area contributed by atoms with Crippen molar-refractivity contribution in [2.75, 3.05) is 0 Å². The lowest BCUT2D eigenvalue weighted by Crippen LogP contribution is -2.40. The Kier molecular flexibility index (Phi) is 5.54. The number of hydrogen-bond donors (Lipinski definition) is 1. The number of rotatable bonds is 4. The average molecular weight is 427 g/mol. The molecule has 2 aromatic carbocycles. The first-order valence-corrected chi connectivity index (χ1v) is 9.15. The van der Waals surface area contributed by atoms with Gasteiger partial charge in [0.1, 0.15) is 17.2 Å². The molecular formula is C21H18ClF3O4. The van der Waals surface area contributed by atoms with Crippen LogP contribution in [0.3, 0.4) is 0 Å². The number of alkyl halides is 3. The smallest absolute Gasteiger partial charge is 0.430 e. The Morgan fingerprint density at radius 2 is 1.93 bits per heavy atom. The number of halogens is 4. The quantitative estimate of drug-likeness (QED) is 0.618. The lowest BCUT2D eigenvalue weighted by atomic mass is 9.98. The van der Waals surface area contributed by atoms with E-state index in [0.717, 1.165) is 17.2 Å². The summed E-state index contributed by atoms with van der Waals surface area (Å²) < 4.78 is 50.4. The monoisotopic (exact) mass is 426 g/mol. The summed E-state index contributed by atoms with van der Waals surface area (Å²) >= 11 is 6.21. The lowest BCUT2D eigenvalue weighted by molar-refractivity contribution is -0.187. The minimum absolute atomic E-state index is 0.107. The molecular weight excluding hydrogens is 409 g/mol. The fourth-order valence-electron chi connectivity index (χ4n) is 3.18. The van der Waals surface area contributed by atoms with Gasteiger partial charge in [-0.25, -0.2) is 4.79 Å². The van der Waals surface area contributed by atoms with E-state index >= 15 is 0 Å². The normalized spacial score (nSPS) is 16.1. The fourth-order valence-corrected chi connectivity index (χ4v) is 3.39. The molecule has 0 bridgehead atoms. The molecule has 1 aliphatic rings. The number of carboxylic acids is 1. The van der Waals surface area contributed by atoms with E-state index in [-0.39, 0.29) is 22.1 Å². The van der Waals surface area contributed by atoms with E-state index in [0.29, 0.717) is 11.7 Å². The van der Waals surface area contributed by atoms with Gasteiger partial charge in [-0.3, -0.25) is 0 Å². The summed E-state index contributed by atoms with van der Waals surface area (Å²) in [5, 5.41) is 9.21. The van der Waals surface area contributed by atoms with Gasteiger partial charge in [0.2, 0.25) is 6.10 Å². The summed E-state index contributed by atoms with van der Waals surface area (Å²) in [7, 11) is 0. The van der Waals surface area contributed by atoms with Gasteiger partial charge in [0.15, 0.2) is 0 Å². The van der Waals surface area contributed by atoms with Crippen LogP contribution in [0.1, 0.15) is 36.5 Å². The lowest BCUT2D eigenvalue weighted by Gasteiger charge is -2.27. The molecule has 0 saturated carbocycles. The summed E-state index contributed by atoms with van der Waals surface area (Å²) in [6.45, 7) is 6.07. The molecule has 1 aliphatic heterocycles. The highest BCUT2D eigenvalue weighted by Gasteiger charge is 2.48. The van der Waals surface area contributed by atoms with Crippen molar-refractivity contribution in [2.24, 2.45) is 0 Å². The van der Waals surface area contributed by atoms with Crippen molar-refractivity contribution < 1.29 is 32.5 Å². The molecule has 29 heavy (non-hydrogen) atoms. The summed E-state index contributed by atoms with van der Waals surface area (Å²) in [5.41, 5.74) is 1.38. The highest BCUT2D eigenvalue weighted by Crippen LogP contribution is 2.42. The average Bonchev–Trinajstić information content (AvgIpc) is 2.60. The van der Waals surface area contributed by atoms with Crippen molar-refractivity contribution in [3.05, 3.63) is 57.6 Å². The third-order valence-corrected chi connectivity index (χ3v) is 4.83. The molecule has 0 spiro atoms. The number of benzene rings is 2. The molecule has 8 heteroatoms. The number of carbonyl (C=O) groups is 1. The third-order valence-electron chi connectivity index (χ3n) is 4.54. The minimum atomic E-state index is -4.88. The second kappa shape index (κ2) is 7.63. The van der Waals surface area contributed by atoms with Crippen molar-refractivity contribution in [2.45, 2.75) is 39.0 Å².